The Morgan fingerprint density at radius 1 is 1.03 bits per heavy atom. The normalized spacial score (nSPS) is 15.8. The summed E-state index contributed by atoms with van der Waals surface area (Å²) < 4.78 is 5.96. The minimum absolute atomic E-state index is 0.134. The number of piperidine rings is 1. The van der Waals surface area contributed by atoms with Crippen LogP contribution in [0.4, 0.5) is 0 Å². The number of pyridine rings is 1. The third-order valence-electron chi connectivity index (χ3n) is 5.97. The van der Waals surface area contributed by atoms with Crippen molar-refractivity contribution < 1.29 is 9.53 Å². The van der Waals surface area contributed by atoms with Crippen LogP contribution in [0, 0.1) is 0 Å². The molecule has 32 heavy (non-hydrogen) atoms. The third-order valence-corrected chi connectivity index (χ3v) is 5.97. The number of benzene rings is 2. The van der Waals surface area contributed by atoms with Crippen molar-refractivity contribution in [3.63, 3.8) is 0 Å². The van der Waals surface area contributed by atoms with E-state index in [2.05, 4.69) is 57.7 Å². The summed E-state index contributed by atoms with van der Waals surface area (Å²) in [5, 5.41) is 2.87. The van der Waals surface area contributed by atoms with E-state index < -0.39 is 0 Å². The highest BCUT2D eigenvalue weighted by Crippen LogP contribution is 2.28. The van der Waals surface area contributed by atoms with Crippen LogP contribution >= 0.6 is 0 Å². The van der Waals surface area contributed by atoms with E-state index in [4.69, 9.17) is 4.74 Å². The highest BCUT2D eigenvalue weighted by molar-refractivity contribution is 5.92. The molecule has 1 N–H and O–H groups in total. The zero-order chi connectivity index (χ0) is 22.2. The van der Waals surface area contributed by atoms with Crippen LogP contribution in [0.3, 0.4) is 0 Å². The Kier molecular flexibility index (Phi) is 7.51. The molecule has 4 rings (SSSR count). The zero-order valence-electron chi connectivity index (χ0n) is 18.6. The van der Waals surface area contributed by atoms with Gasteiger partial charge in [0, 0.05) is 12.7 Å². The summed E-state index contributed by atoms with van der Waals surface area (Å²) in [5.41, 5.74) is 3.18. The molecule has 0 bridgehead atoms. The monoisotopic (exact) mass is 429 g/mol. The minimum Gasteiger partial charge on any atom is -0.489 e. The Hall–Kier alpha value is -3.18. The summed E-state index contributed by atoms with van der Waals surface area (Å²) in [4.78, 5) is 18.7. The van der Waals surface area contributed by atoms with Crippen LogP contribution in [0.5, 0.6) is 5.75 Å². The number of amides is 1. The van der Waals surface area contributed by atoms with Crippen LogP contribution in [-0.2, 0) is 6.54 Å². The van der Waals surface area contributed by atoms with Crippen molar-refractivity contribution in [1.29, 1.82) is 0 Å². The lowest BCUT2D eigenvalue weighted by Crippen LogP contribution is -2.34. The van der Waals surface area contributed by atoms with Crippen LogP contribution in [-0.4, -0.2) is 41.5 Å². The molecule has 1 aromatic heterocycles. The molecule has 0 unspecified atom stereocenters. The van der Waals surface area contributed by atoms with Gasteiger partial charge in [0.15, 0.2) is 0 Å². The fraction of sp³-hybridized carbons (Fsp3) is 0.333. The lowest BCUT2D eigenvalue weighted by atomic mass is 9.89. The Morgan fingerprint density at radius 2 is 1.75 bits per heavy atom. The van der Waals surface area contributed by atoms with Crippen molar-refractivity contribution in [2.45, 2.75) is 38.3 Å². The van der Waals surface area contributed by atoms with Gasteiger partial charge in [-0.3, -0.25) is 14.7 Å². The Labute approximate surface area is 190 Å². The minimum atomic E-state index is -0.188. The van der Waals surface area contributed by atoms with Crippen molar-refractivity contribution >= 4 is 5.91 Å². The number of carbonyl (C=O) groups excluding carboxylic acids is 1. The molecule has 2 aromatic carbocycles. The van der Waals surface area contributed by atoms with E-state index in [0.29, 0.717) is 18.2 Å². The van der Waals surface area contributed by atoms with Crippen LogP contribution in [0.25, 0.3) is 0 Å². The van der Waals surface area contributed by atoms with E-state index in [1.165, 1.54) is 24.0 Å². The van der Waals surface area contributed by atoms with Gasteiger partial charge in [-0.15, -0.1) is 0 Å². The number of hydrogen-bond acceptors (Lipinski definition) is 4. The van der Waals surface area contributed by atoms with Gasteiger partial charge in [0.05, 0.1) is 6.54 Å². The Balaban J connectivity index is 1.20. The third kappa shape index (κ3) is 6.17. The number of carbonyl (C=O) groups is 1. The highest BCUT2D eigenvalue weighted by atomic mass is 16.5. The van der Waals surface area contributed by atoms with E-state index >= 15 is 0 Å². The average molecular weight is 430 g/mol. The maximum atomic E-state index is 12.1. The first-order valence-corrected chi connectivity index (χ1v) is 11.4. The van der Waals surface area contributed by atoms with Crippen LogP contribution in [0.15, 0.2) is 79.0 Å². The molecule has 2 heterocycles. The SMILES string of the molecule is C[C@@H](CNC(=O)c1ccccn1)Oc1ccc(CN2CCC(c3ccccc3)CC2)cc1. The first-order chi connectivity index (χ1) is 15.7. The molecular formula is C27H31N3O2. The van der Waals surface area contributed by atoms with Gasteiger partial charge in [-0.05, 0) is 74.2 Å². The molecule has 1 amide bonds. The molecule has 5 nitrogen and oxygen atoms in total. The molecule has 1 aliphatic heterocycles. The predicted octanol–water partition coefficient (Wildman–Crippen LogP) is 4.66. The fourth-order valence-corrected chi connectivity index (χ4v) is 4.18. The molecule has 0 radical (unpaired) electrons. The summed E-state index contributed by atoms with van der Waals surface area (Å²) in [6.45, 7) is 5.60. The number of nitrogens with zero attached hydrogens (tertiary/aromatic N) is 2. The molecule has 3 aromatic rings. The predicted molar refractivity (Wildman–Crippen MR) is 127 cm³/mol. The fourth-order valence-electron chi connectivity index (χ4n) is 4.18. The summed E-state index contributed by atoms with van der Waals surface area (Å²) >= 11 is 0. The molecule has 5 heteroatoms. The molecule has 0 aliphatic carbocycles. The van der Waals surface area contributed by atoms with Crippen molar-refractivity contribution in [2.75, 3.05) is 19.6 Å². The van der Waals surface area contributed by atoms with Gasteiger partial charge >= 0.3 is 0 Å². The number of nitrogens with one attached hydrogen (secondary N) is 1. The van der Waals surface area contributed by atoms with Gasteiger partial charge in [0.2, 0.25) is 0 Å². The standard InChI is InChI=1S/C27H31N3O2/c1-21(19-29-27(31)26-9-5-6-16-28-26)32-25-12-10-22(11-13-25)20-30-17-14-24(15-18-30)23-7-3-2-4-8-23/h2-13,16,21,24H,14-15,17-20H2,1H3,(H,29,31)/t21-/m0/s1. The number of hydrogen-bond donors (Lipinski definition) is 1. The lowest BCUT2D eigenvalue weighted by molar-refractivity contribution is 0.0927. The quantitative estimate of drug-likeness (QED) is 0.566. The molecule has 166 valence electrons. The van der Waals surface area contributed by atoms with Crippen molar-refractivity contribution in [1.82, 2.24) is 15.2 Å². The van der Waals surface area contributed by atoms with Gasteiger partial charge in [-0.25, -0.2) is 0 Å². The number of rotatable bonds is 8. The van der Waals surface area contributed by atoms with Crippen molar-refractivity contribution in [3.8, 4) is 5.75 Å². The number of likely N-dealkylation sites (tertiary alicyclic amines) is 1. The first-order valence-electron chi connectivity index (χ1n) is 11.4. The van der Waals surface area contributed by atoms with Crippen LogP contribution in [0.1, 0.15) is 47.3 Å². The van der Waals surface area contributed by atoms with E-state index in [0.717, 1.165) is 25.4 Å². The van der Waals surface area contributed by atoms with Gasteiger partial charge in [0.1, 0.15) is 17.5 Å². The average Bonchev–Trinajstić information content (AvgIpc) is 2.85. The Morgan fingerprint density at radius 3 is 2.44 bits per heavy atom. The second kappa shape index (κ2) is 10.9. The first kappa shape index (κ1) is 22.0. The van der Waals surface area contributed by atoms with Crippen molar-refractivity contribution in [2.24, 2.45) is 0 Å². The van der Waals surface area contributed by atoms with E-state index in [1.807, 2.05) is 19.1 Å². The van der Waals surface area contributed by atoms with Gasteiger partial charge in [-0.1, -0.05) is 48.5 Å². The molecule has 1 fully saturated rings. The van der Waals surface area contributed by atoms with Gasteiger partial charge in [0.25, 0.3) is 5.91 Å². The second-order valence-corrected chi connectivity index (χ2v) is 8.46. The molecular weight excluding hydrogens is 398 g/mol. The largest absolute Gasteiger partial charge is 0.489 e. The van der Waals surface area contributed by atoms with Gasteiger partial charge in [-0.2, -0.15) is 0 Å². The summed E-state index contributed by atoms with van der Waals surface area (Å²) in [6.07, 6.45) is 3.91. The summed E-state index contributed by atoms with van der Waals surface area (Å²) in [7, 11) is 0. The molecule has 1 saturated heterocycles. The summed E-state index contributed by atoms with van der Waals surface area (Å²) in [5.74, 6) is 1.31. The van der Waals surface area contributed by atoms with Crippen LogP contribution in [0.2, 0.25) is 0 Å². The van der Waals surface area contributed by atoms with Crippen LogP contribution < -0.4 is 10.1 Å². The molecule has 0 spiro atoms. The number of ether oxygens (including phenoxy) is 1. The molecule has 0 saturated carbocycles. The van der Waals surface area contributed by atoms with E-state index in [-0.39, 0.29) is 12.0 Å². The molecule has 1 aliphatic rings. The molecule has 1 atom stereocenters. The maximum Gasteiger partial charge on any atom is 0.270 e. The summed E-state index contributed by atoms with van der Waals surface area (Å²) in [6, 6.07) is 24.5. The number of aromatic nitrogens is 1. The second-order valence-electron chi connectivity index (χ2n) is 8.46. The maximum absolute atomic E-state index is 12.1. The van der Waals surface area contributed by atoms with Crippen molar-refractivity contribution in [3.05, 3.63) is 95.8 Å². The smallest absolute Gasteiger partial charge is 0.270 e. The highest BCUT2D eigenvalue weighted by Gasteiger charge is 2.20. The lowest BCUT2D eigenvalue weighted by Gasteiger charge is -2.32. The topological polar surface area (TPSA) is 54.5 Å². The van der Waals surface area contributed by atoms with E-state index in [9.17, 15) is 4.79 Å². The van der Waals surface area contributed by atoms with E-state index in [1.54, 1.807) is 24.4 Å². The zero-order valence-corrected chi connectivity index (χ0v) is 18.6. The Bertz CT molecular complexity index is 969. The van der Waals surface area contributed by atoms with Gasteiger partial charge < -0.3 is 10.1 Å².